The number of rotatable bonds is 4. The quantitative estimate of drug-likeness (QED) is 0.776. The molecular formula is C12H17NO. The van der Waals surface area contributed by atoms with E-state index in [1.807, 2.05) is 18.2 Å². The van der Waals surface area contributed by atoms with E-state index in [2.05, 4.69) is 24.4 Å². The molecule has 1 atom stereocenters. The van der Waals surface area contributed by atoms with E-state index in [4.69, 9.17) is 0 Å². The monoisotopic (exact) mass is 191 g/mol. The Morgan fingerprint density at radius 1 is 1.36 bits per heavy atom. The number of carbonyl (C=O) groups is 1. The van der Waals surface area contributed by atoms with Gasteiger partial charge in [-0.05, 0) is 18.4 Å². The zero-order chi connectivity index (χ0) is 10.4. The SMILES string of the molecule is CC[C@@H](Cc1ccccc1)NC(C)=O. The first-order valence-corrected chi connectivity index (χ1v) is 5.03. The first kappa shape index (κ1) is 10.8. The molecule has 0 aromatic heterocycles. The predicted octanol–water partition coefficient (Wildman–Crippen LogP) is 2.14. The summed E-state index contributed by atoms with van der Waals surface area (Å²) in [5, 5.41) is 2.94. The van der Waals surface area contributed by atoms with Gasteiger partial charge in [-0.2, -0.15) is 0 Å². The molecule has 0 radical (unpaired) electrons. The van der Waals surface area contributed by atoms with E-state index >= 15 is 0 Å². The maximum atomic E-state index is 10.9. The van der Waals surface area contributed by atoms with Gasteiger partial charge in [0, 0.05) is 13.0 Å². The molecule has 0 saturated carbocycles. The largest absolute Gasteiger partial charge is 0.353 e. The van der Waals surface area contributed by atoms with Crippen LogP contribution < -0.4 is 5.32 Å². The Balaban J connectivity index is 2.53. The molecule has 1 aromatic rings. The molecule has 0 aliphatic heterocycles. The van der Waals surface area contributed by atoms with Crippen LogP contribution in [-0.2, 0) is 11.2 Å². The topological polar surface area (TPSA) is 29.1 Å². The van der Waals surface area contributed by atoms with E-state index in [9.17, 15) is 4.79 Å². The van der Waals surface area contributed by atoms with E-state index < -0.39 is 0 Å². The minimum Gasteiger partial charge on any atom is -0.353 e. The molecule has 1 rings (SSSR count). The first-order valence-electron chi connectivity index (χ1n) is 5.03. The van der Waals surface area contributed by atoms with Gasteiger partial charge < -0.3 is 5.32 Å². The fraction of sp³-hybridized carbons (Fsp3) is 0.417. The van der Waals surface area contributed by atoms with Crippen LogP contribution in [0.15, 0.2) is 30.3 Å². The Morgan fingerprint density at radius 3 is 2.50 bits per heavy atom. The second-order valence-corrected chi connectivity index (χ2v) is 3.50. The van der Waals surface area contributed by atoms with Crippen molar-refractivity contribution >= 4 is 5.91 Å². The third kappa shape index (κ3) is 3.60. The molecule has 2 nitrogen and oxygen atoms in total. The maximum Gasteiger partial charge on any atom is 0.217 e. The van der Waals surface area contributed by atoms with Gasteiger partial charge in [-0.25, -0.2) is 0 Å². The summed E-state index contributed by atoms with van der Waals surface area (Å²) < 4.78 is 0. The average molecular weight is 191 g/mol. The van der Waals surface area contributed by atoms with Crippen LogP contribution in [0.1, 0.15) is 25.8 Å². The highest BCUT2D eigenvalue weighted by atomic mass is 16.1. The van der Waals surface area contributed by atoms with Crippen LogP contribution in [0.4, 0.5) is 0 Å². The normalized spacial score (nSPS) is 12.1. The Morgan fingerprint density at radius 2 is 2.00 bits per heavy atom. The Labute approximate surface area is 85.3 Å². The van der Waals surface area contributed by atoms with Gasteiger partial charge in [0.1, 0.15) is 0 Å². The summed E-state index contributed by atoms with van der Waals surface area (Å²) in [6.07, 6.45) is 1.88. The van der Waals surface area contributed by atoms with Gasteiger partial charge >= 0.3 is 0 Å². The molecule has 1 N–H and O–H groups in total. The van der Waals surface area contributed by atoms with E-state index in [1.165, 1.54) is 5.56 Å². The maximum absolute atomic E-state index is 10.9. The number of hydrogen-bond donors (Lipinski definition) is 1. The van der Waals surface area contributed by atoms with Crippen molar-refractivity contribution in [2.45, 2.75) is 32.7 Å². The molecule has 0 aliphatic carbocycles. The van der Waals surface area contributed by atoms with Crippen molar-refractivity contribution < 1.29 is 4.79 Å². The van der Waals surface area contributed by atoms with Gasteiger partial charge in [-0.15, -0.1) is 0 Å². The zero-order valence-electron chi connectivity index (χ0n) is 8.79. The zero-order valence-corrected chi connectivity index (χ0v) is 8.79. The predicted molar refractivity (Wildman–Crippen MR) is 58.0 cm³/mol. The van der Waals surface area contributed by atoms with Crippen molar-refractivity contribution in [2.75, 3.05) is 0 Å². The summed E-state index contributed by atoms with van der Waals surface area (Å²) in [5.41, 5.74) is 1.27. The van der Waals surface area contributed by atoms with Crippen LogP contribution in [-0.4, -0.2) is 11.9 Å². The van der Waals surface area contributed by atoms with Gasteiger partial charge in [-0.1, -0.05) is 37.3 Å². The number of amides is 1. The summed E-state index contributed by atoms with van der Waals surface area (Å²) in [7, 11) is 0. The Bertz CT molecular complexity index is 282. The van der Waals surface area contributed by atoms with E-state index in [0.717, 1.165) is 12.8 Å². The molecule has 76 valence electrons. The van der Waals surface area contributed by atoms with Crippen LogP contribution >= 0.6 is 0 Å². The number of nitrogens with one attached hydrogen (secondary N) is 1. The third-order valence-corrected chi connectivity index (χ3v) is 2.23. The van der Waals surface area contributed by atoms with Crippen molar-refractivity contribution in [1.29, 1.82) is 0 Å². The molecule has 2 heteroatoms. The fourth-order valence-corrected chi connectivity index (χ4v) is 1.48. The molecule has 0 spiro atoms. The Kier molecular flexibility index (Phi) is 4.17. The van der Waals surface area contributed by atoms with Crippen LogP contribution in [0, 0.1) is 0 Å². The molecule has 1 amide bonds. The molecule has 0 aliphatic rings. The lowest BCUT2D eigenvalue weighted by atomic mass is 10.0. The second kappa shape index (κ2) is 5.43. The number of hydrogen-bond acceptors (Lipinski definition) is 1. The lowest BCUT2D eigenvalue weighted by molar-refractivity contribution is -0.119. The average Bonchev–Trinajstić information content (AvgIpc) is 2.17. The molecule has 0 fully saturated rings. The lowest BCUT2D eigenvalue weighted by Gasteiger charge is -2.15. The molecule has 0 heterocycles. The summed E-state index contributed by atoms with van der Waals surface area (Å²) in [6, 6.07) is 10.5. The summed E-state index contributed by atoms with van der Waals surface area (Å²) in [4.78, 5) is 10.9. The smallest absolute Gasteiger partial charge is 0.217 e. The van der Waals surface area contributed by atoms with Gasteiger partial charge in [0.25, 0.3) is 0 Å². The summed E-state index contributed by atoms with van der Waals surface area (Å²) >= 11 is 0. The van der Waals surface area contributed by atoms with Crippen LogP contribution in [0.5, 0.6) is 0 Å². The standard InChI is InChI=1S/C12H17NO/c1-3-12(13-10(2)14)9-11-7-5-4-6-8-11/h4-8,12H,3,9H2,1-2H3,(H,13,14)/t12-/m0/s1. The van der Waals surface area contributed by atoms with E-state index in [0.29, 0.717) is 0 Å². The molecule has 1 aromatic carbocycles. The highest BCUT2D eigenvalue weighted by Crippen LogP contribution is 2.05. The van der Waals surface area contributed by atoms with Gasteiger partial charge in [0.05, 0.1) is 0 Å². The van der Waals surface area contributed by atoms with E-state index in [-0.39, 0.29) is 11.9 Å². The molecule has 0 saturated heterocycles. The molecule has 0 bridgehead atoms. The lowest BCUT2D eigenvalue weighted by Crippen LogP contribution is -2.34. The minimum absolute atomic E-state index is 0.0489. The van der Waals surface area contributed by atoms with Crippen molar-refractivity contribution in [3.8, 4) is 0 Å². The number of benzene rings is 1. The highest BCUT2D eigenvalue weighted by Gasteiger charge is 2.07. The van der Waals surface area contributed by atoms with Gasteiger partial charge in [0.2, 0.25) is 5.91 Å². The molecule has 0 unspecified atom stereocenters. The van der Waals surface area contributed by atoms with Gasteiger partial charge in [0.15, 0.2) is 0 Å². The minimum atomic E-state index is 0.0489. The first-order chi connectivity index (χ1) is 6.72. The summed E-state index contributed by atoms with van der Waals surface area (Å²) in [6.45, 7) is 3.65. The Hall–Kier alpha value is -1.31. The third-order valence-electron chi connectivity index (χ3n) is 2.23. The molecule has 14 heavy (non-hydrogen) atoms. The van der Waals surface area contributed by atoms with Crippen molar-refractivity contribution in [3.05, 3.63) is 35.9 Å². The molecular weight excluding hydrogens is 174 g/mol. The van der Waals surface area contributed by atoms with Crippen molar-refractivity contribution in [2.24, 2.45) is 0 Å². The van der Waals surface area contributed by atoms with Gasteiger partial charge in [-0.3, -0.25) is 4.79 Å². The second-order valence-electron chi connectivity index (χ2n) is 3.50. The van der Waals surface area contributed by atoms with E-state index in [1.54, 1.807) is 6.92 Å². The van der Waals surface area contributed by atoms with Crippen molar-refractivity contribution in [3.63, 3.8) is 0 Å². The van der Waals surface area contributed by atoms with Crippen molar-refractivity contribution in [1.82, 2.24) is 5.32 Å². The fourth-order valence-electron chi connectivity index (χ4n) is 1.48. The van der Waals surface area contributed by atoms with Crippen LogP contribution in [0.3, 0.4) is 0 Å². The highest BCUT2D eigenvalue weighted by molar-refractivity contribution is 5.73. The van der Waals surface area contributed by atoms with Crippen LogP contribution in [0.25, 0.3) is 0 Å². The van der Waals surface area contributed by atoms with Crippen LogP contribution in [0.2, 0.25) is 0 Å². The summed E-state index contributed by atoms with van der Waals surface area (Å²) in [5.74, 6) is 0.0489. The number of carbonyl (C=O) groups excluding carboxylic acids is 1.